The summed E-state index contributed by atoms with van der Waals surface area (Å²) in [6.07, 6.45) is 2.23. The first-order chi connectivity index (χ1) is 6.27. The Labute approximate surface area is 77.6 Å². The minimum Gasteiger partial charge on any atom is -0.204 e. The quantitative estimate of drug-likeness (QED) is 0.621. The first-order valence-corrected chi connectivity index (χ1v) is 4.72. The van der Waals surface area contributed by atoms with Crippen LogP contribution in [-0.4, -0.2) is 0 Å². The van der Waals surface area contributed by atoms with Crippen LogP contribution in [0, 0.1) is 11.6 Å². The summed E-state index contributed by atoms with van der Waals surface area (Å²) in [5, 5.41) is 0. The molecule has 0 amide bonds. The van der Waals surface area contributed by atoms with E-state index in [1.165, 1.54) is 12.1 Å². The Morgan fingerprint density at radius 1 is 1.08 bits per heavy atom. The van der Waals surface area contributed by atoms with Crippen LogP contribution in [0.2, 0.25) is 0 Å². The lowest BCUT2D eigenvalue weighted by molar-refractivity contribution is 0.507. The van der Waals surface area contributed by atoms with Crippen LogP contribution >= 0.6 is 0 Å². The van der Waals surface area contributed by atoms with E-state index in [0.29, 0.717) is 5.92 Å². The van der Waals surface area contributed by atoms with E-state index in [0.717, 1.165) is 18.4 Å². The second kappa shape index (κ2) is 4.35. The number of hydrogen-bond acceptors (Lipinski definition) is 0. The third-order valence-corrected chi connectivity index (χ3v) is 1.99. The van der Waals surface area contributed by atoms with Crippen LogP contribution in [0.25, 0.3) is 0 Å². The Kier molecular flexibility index (Phi) is 3.40. The first kappa shape index (κ1) is 10.2. The van der Waals surface area contributed by atoms with Crippen LogP contribution in [0.15, 0.2) is 18.2 Å². The predicted molar refractivity (Wildman–Crippen MR) is 49.7 cm³/mol. The third-order valence-electron chi connectivity index (χ3n) is 1.99. The summed E-state index contributed by atoms with van der Waals surface area (Å²) in [5.41, 5.74) is 0.934. The summed E-state index contributed by atoms with van der Waals surface area (Å²) < 4.78 is 25.0. The third kappa shape index (κ3) is 2.51. The van der Waals surface area contributed by atoms with Crippen LogP contribution in [0.1, 0.15) is 38.2 Å². The molecule has 0 aliphatic heterocycles. The molecule has 1 aliphatic rings. The Balaban J connectivity index is 0.000000396. The Morgan fingerprint density at radius 3 is 2.15 bits per heavy atom. The second-order valence-corrected chi connectivity index (χ2v) is 2.95. The van der Waals surface area contributed by atoms with E-state index >= 15 is 0 Å². The fraction of sp³-hybridized carbons (Fsp3) is 0.455. The minimum atomic E-state index is -0.755. The zero-order valence-corrected chi connectivity index (χ0v) is 7.98. The van der Waals surface area contributed by atoms with Gasteiger partial charge in [-0.1, -0.05) is 19.9 Å². The van der Waals surface area contributed by atoms with Gasteiger partial charge in [0.05, 0.1) is 0 Å². The molecule has 1 fully saturated rings. The molecule has 0 unspecified atom stereocenters. The van der Waals surface area contributed by atoms with Gasteiger partial charge in [0.1, 0.15) is 0 Å². The summed E-state index contributed by atoms with van der Waals surface area (Å²) in [6.45, 7) is 4.00. The molecular weight excluding hydrogens is 170 g/mol. The molecule has 13 heavy (non-hydrogen) atoms. The molecule has 0 bridgehead atoms. The molecule has 1 saturated carbocycles. The molecule has 72 valence electrons. The van der Waals surface area contributed by atoms with Crippen molar-refractivity contribution in [2.24, 2.45) is 0 Å². The van der Waals surface area contributed by atoms with Crippen molar-refractivity contribution in [1.82, 2.24) is 0 Å². The van der Waals surface area contributed by atoms with Gasteiger partial charge in [0, 0.05) is 0 Å². The monoisotopic (exact) mass is 184 g/mol. The number of benzene rings is 1. The average Bonchev–Trinajstić information content (AvgIpc) is 2.96. The topological polar surface area (TPSA) is 0 Å². The normalized spacial score (nSPS) is 14.8. The summed E-state index contributed by atoms with van der Waals surface area (Å²) in [7, 11) is 0. The lowest BCUT2D eigenvalue weighted by Crippen LogP contribution is -1.86. The highest BCUT2D eigenvalue weighted by Gasteiger charge is 2.24. The highest BCUT2D eigenvalue weighted by molar-refractivity contribution is 5.24. The molecular formula is C11H14F2. The van der Waals surface area contributed by atoms with Gasteiger partial charge in [-0.15, -0.1) is 0 Å². The van der Waals surface area contributed by atoms with E-state index in [1.807, 2.05) is 13.8 Å². The fourth-order valence-corrected chi connectivity index (χ4v) is 1.18. The molecule has 0 aromatic heterocycles. The Hall–Kier alpha value is -0.920. The number of rotatable bonds is 1. The predicted octanol–water partition coefficient (Wildman–Crippen LogP) is 3.87. The van der Waals surface area contributed by atoms with Gasteiger partial charge in [0.2, 0.25) is 0 Å². The molecule has 0 spiro atoms. The summed E-state index contributed by atoms with van der Waals surface area (Å²) >= 11 is 0. The average molecular weight is 184 g/mol. The van der Waals surface area contributed by atoms with Crippen molar-refractivity contribution in [3.8, 4) is 0 Å². The van der Waals surface area contributed by atoms with Crippen molar-refractivity contribution in [3.63, 3.8) is 0 Å². The SMILES string of the molecule is CC.Fc1ccc(C2CC2)cc1F. The molecule has 2 rings (SSSR count). The zero-order valence-electron chi connectivity index (χ0n) is 7.98. The standard InChI is InChI=1S/C9H8F2.C2H6/c10-8-4-3-7(5-9(8)11)6-1-2-6;1-2/h3-6H,1-2H2;1-2H3. The molecule has 0 saturated heterocycles. The van der Waals surface area contributed by atoms with E-state index in [9.17, 15) is 8.78 Å². The maximum atomic E-state index is 12.6. The smallest absolute Gasteiger partial charge is 0.159 e. The van der Waals surface area contributed by atoms with Gasteiger partial charge in [-0.2, -0.15) is 0 Å². The largest absolute Gasteiger partial charge is 0.204 e. The van der Waals surface area contributed by atoms with Crippen LogP contribution in [0.5, 0.6) is 0 Å². The molecule has 2 heteroatoms. The fourth-order valence-electron chi connectivity index (χ4n) is 1.18. The van der Waals surface area contributed by atoms with Crippen LogP contribution < -0.4 is 0 Å². The van der Waals surface area contributed by atoms with Gasteiger partial charge in [-0.3, -0.25) is 0 Å². The number of hydrogen-bond donors (Lipinski definition) is 0. The first-order valence-electron chi connectivity index (χ1n) is 4.72. The van der Waals surface area contributed by atoms with E-state index in [-0.39, 0.29) is 0 Å². The van der Waals surface area contributed by atoms with Gasteiger partial charge in [-0.05, 0) is 36.5 Å². The minimum absolute atomic E-state index is 0.491. The maximum Gasteiger partial charge on any atom is 0.159 e. The molecule has 0 radical (unpaired) electrons. The molecule has 0 atom stereocenters. The van der Waals surface area contributed by atoms with Gasteiger partial charge in [0.25, 0.3) is 0 Å². The highest BCUT2D eigenvalue weighted by atomic mass is 19.2. The maximum absolute atomic E-state index is 12.6. The molecule has 0 heterocycles. The van der Waals surface area contributed by atoms with E-state index in [2.05, 4.69) is 0 Å². The zero-order chi connectivity index (χ0) is 9.84. The van der Waals surface area contributed by atoms with Gasteiger partial charge < -0.3 is 0 Å². The highest BCUT2D eigenvalue weighted by Crippen LogP contribution is 2.40. The summed E-state index contributed by atoms with van der Waals surface area (Å²) in [5.74, 6) is -0.992. The van der Waals surface area contributed by atoms with Crippen molar-refractivity contribution in [1.29, 1.82) is 0 Å². The van der Waals surface area contributed by atoms with E-state index in [1.54, 1.807) is 6.07 Å². The molecule has 1 aliphatic carbocycles. The van der Waals surface area contributed by atoms with Crippen molar-refractivity contribution in [3.05, 3.63) is 35.4 Å². The van der Waals surface area contributed by atoms with Crippen LogP contribution in [-0.2, 0) is 0 Å². The number of halogens is 2. The summed E-state index contributed by atoms with van der Waals surface area (Å²) in [6, 6.07) is 4.16. The molecule has 0 nitrogen and oxygen atoms in total. The summed E-state index contributed by atoms with van der Waals surface area (Å²) in [4.78, 5) is 0. The van der Waals surface area contributed by atoms with Crippen LogP contribution in [0.4, 0.5) is 8.78 Å². The van der Waals surface area contributed by atoms with Crippen molar-refractivity contribution in [2.45, 2.75) is 32.6 Å². The van der Waals surface area contributed by atoms with E-state index in [4.69, 9.17) is 0 Å². The van der Waals surface area contributed by atoms with Gasteiger partial charge in [-0.25, -0.2) is 8.78 Å². The molecule has 1 aromatic rings. The second-order valence-electron chi connectivity index (χ2n) is 2.95. The van der Waals surface area contributed by atoms with Crippen molar-refractivity contribution >= 4 is 0 Å². The van der Waals surface area contributed by atoms with Crippen LogP contribution in [0.3, 0.4) is 0 Å². The van der Waals surface area contributed by atoms with Gasteiger partial charge in [0.15, 0.2) is 11.6 Å². The van der Waals surface area contributed by atoms with E-state index < -0.39 is 11.6 Å². The Morgan fingerprint density at radius 2 is 1.69 bits per heavy atom. The molecule has 1 aromatic carbocycles. The van der Waals surface area contributed by atoms with Crippen molar-refractivity contribution < 1.29 is 8.78 Å². The lowest BCUT2D eigenvalue weighted by atomic mass is 10.1. The van der Waals surface area contributed by atoms with Gasteiger partial charge >= 0.3 is 0 Å². The lowest BCUT2D eigenvalue weighted by Gasteiger charge is -1.97. The van der Waals surface area contributed by atoms with Crippen molar-refractivity contribution in [2.75, 3.05) is 0 Å². The molecule has 0 N–H and O–H groups in total. The Bertz CT molecular complexity index is 277.